The van der Waals surface area contributed by atoms with Crippen molar-refractivity contribution in [3.8, 4) is 11.4 Å². The van der Waals surface area contributed by atoms with Crippen LogP contribution in [0, 0.1) is 0 Å². The molecule has 84 valence electrons. The SMILES string of the molecule is CSc1ccccc1-c1ncc2[nH]ccc2n1. The second kappa shape index (κ2) is 4.22. The standard InChI is InChI=1S/C13H11N3S/c1-17-12-5-3-2-4-9(12)13-15-8-11-10(16-13)6-7-14-11/h2-8,14H,1H3. The average Bonchev–Trinajstić information content (AvgIpc) is 2.85. The molecule has 0 saturated heterocycles. The normalized spacial score (nSPS) is 10.9. The first kappa shape index (κ1) is 10.4. The first-order valence-electron chi connectivity index (χ1n) is 5.32. The molecule has 0 aliphatic heterocycles. The number of H-pyrrole nitrogens is 1. The van der Waals surface area contributed by atoms with Gasteiger partial charge in [0.25, 0.3) is 0 Å². The van der Waals surface area contributed by atoms with E-state index in [2.05, 4.69) is 33.3 Å². The molecule has 0 amide bonds. The predicted octanol–water partition coefficient (Wildman–Crippen LogP) is 3.35. The maximum Gasteiger partial charge on any atom is 0.161 e. The van der Waals surface area contributed by atoms with Gasteiger partial charge in [0.1, 0.15) is 0 Å². The van der Waals surface area contributed by atoms with Crippen LogP contribution in [0.15, 0.2) is 47.6 Å². The van der Waals surface area contributed by atoms with Crippen LogP contribution in [0.3, 0.4) is 0 Å². The summed E-state index contributed by atoms with van der Waals surface area (Å²) in [6, 6.07) is 10.1. The van der Waals surface area contributed by atoms with E-state index in [-0.39, 0.29) is 0 Å². The summed E-state index contributed by atoms with van der Waals surface area (Å²) >= 11 is 1.71. The highest BCUT2D eigenvalue weighted by Crippen LogP contribution is 2.28. The molecule has 17 heavy (non-hydrogen) atoms. The van der Waals surface area contributed by atoms with Crippen LogP contribution >= 0.6 is 11.8 Å². The highest BCUT2D eigenvalue weighted by Gasteiger charge is 2.07. The van der Waals surface area contributed by atoms with Crippen LogP contribution in [0.25, 0.3) is 22.4 Å². The monoisotopic (exact) mass is 241 g/mol. The largest absolute Gasteiger partial charge is 0.359 e. The Hall–Kier alpha value is -1.81. The number of rotatable bonds is 2. The second-order valence-corrected chi connectivity index (χ2v) is 4.52. The maximum absolute atomic E-state index is 4.56. The van der Waals surface area contributed by atoms with Crippen LogP contribution in [-0.2, 0) is 0 Å². The molecule has 2 aromatic heterocycles. The van der Waals surface area contributed by atoms with Gasteiger partial charge in [-0.25, -0.2) is 9.97 Å². The first-order valence-corrected chi connectivity index (χ1v) is 6.54. The molecule has 0 aliphatic rings. The minimum Gasteiger partial charge on any atom is -0.359 e. The number of fused-ring (bicyclic) bond motifs is 1. The topological polar surface area (TPSA) is 41.6 Å². The van der Waals surface area contributed by atoms with Crippen molar-refractivity contribution in [2.45, 2.75) is 4.90 Å². The van der Waals surface area contributed by atoms with Crippen LogP contribution in [0.2, 0.25) is 0 Å². The van der Waals surface area contributed by atoms with E-state index < -0.39 is 0 Å². The molecule has 0 unspecified atom stereocenters. The smallest absolute Gasteiger partial charge is 0.161 e. The molecule has 2 heterocycles. The summed E-state index contributed by atoms with van der Waals surface area (Å²) in [5.74, 6) is 0.780. The van der Waals surface area contributed by atoms with Gasteiger partial charge in [-0.05, 0) is 18.4 Å². The molecule has 0 bridgehead atoms. The predicted molar refractivity (Wildman–Crippen MR) is 71.1 cm³/mol. The van der Waals surface area contributed by atoms with E-state index >= 15 is 0 Å². The van der Waals surface area contributed by atoms with Crippen molar-refractivity contribution in [2.24, 2.45) is 0 Å². The van der Waals surface area contributed by atoms with E-state index in [0.29, 0.717) is 0 Å². The molecule has 0 atom stereocenters. The molecule has 4 heteroatoms. The number of benzene rings is 1. The van der Waals surface area contributed by atoms with Crippen molar-refractivity contribution < 1.29 is 0 Å². The van der Waals surface area contributed by atoms with Crippen LogP contribution in [0.4, 0.5) is 0 Å². The summed E-state index contributed by atoms with van der Waals surface area (Å²) in [4.78, 5) is 13.3. The summed E-state index contributed by atoms with van der Waals surface area (Å²) in [5.41, 5.74) is 3.00. The fraction of sp³-hybridized carbons (Fsp3) is 0.0769. The van der Waals surface area contributed by atoms with E-state index in [1.807, 2.05) is 30.6 Å². The minimum absolute atomic E-state index is 0.780. The lowest BCUT2D eigenvalue weighted by Gasteiger charge is -2.05. The molecule has 3 rings (SSSR count). The third kappa shape index (κ3) is 1.80. The Morgan fingerprint density at radius 1 is 1.18 bits per heavy atom. The number of aromatic amines is 1. The molecule has 1 aromatic carbocycles. The number of nitrogens with zero attached hydrogens (tertiary/aromatic N) is 2. The number of nitrogens with one attached hydrogen (secondary N) is 1. The number of hydrogen-bond donors (Lipinski definition) is 1. The van der Waals surface area contributed by atoms with E-state index in [1.165, 1.54) is 4.90 Å². The van der Waals surface area contributed by atoms with Gasteiger partial charge in [-0.15, -0.1) is 11.8 Å². The lowest BCUT2D eigenvalue weighted by atomic mass is 10.2. The fourth-order valence-electron chi connectivity index (χ4n) is 1.80. The molecule has 3 nitrogen and oxygen atoms in total. The van der Waals surface area contributed by atoms with Crippen molar-refractivity contribution >= 4 is 22.8 Å². The zero-order valence-corrected chi connectivity index (χ0v) is 10.2. The van der Waals surface area contributed by atoms with E-state index in [9.17, 15) is 0 Å². The lowest BCUT2D eigenvalue weighted by molar-refractivity contribution is 1.20. The molecule has 0 radical (unpaired) electrons. The third-order valence-corrected chi connectivity index (χ3v) is 3.44. The van der Waals surface area contributed by atoms with E-state index in [4.69, 9.17) is 0 Å². The van der Waals surface area contributed by atoms with Gasteiger partial charge in [0, 0.05) is 16.7 Å². The van der Waals surface area contributed by atoms with E-state index in [1.54, 1.807) is 11.8 Å². The molecular formula is C13H11N3S. The summed E-state index contributed by atoms with van der Waals surface area (Å²) in [5, 5.41) is 0. The van der Waals surface area contributed by atoms with Crippen molar-refractivity contribution in [2.75, 3.05) is 6.26 Å². The minimum atomic E-state index is 0.780. The maximum atomic E-state index is 4.56. The summed E-state index contributed by atoms with van der Waals surface area (Å²) in [7, 11) is 0. The Morgan fingerprint density at radius 3 is 2.94 bits per heavy atom. The number of aromatic nitrogens is 3. The highest BCUT2D eigenvalue weighted by atomic mass is 32.2. The van der Waals surface area contributed by atoms with Crippen LogP contribution < -0.4 is 0 Å². The van der Waals surface area contributed by atoms with Crippen LogP contribution in [0.5, 0.6) is 0 Å². The fourth-order valence-corrected chi connectivity index (χ4v) is 2.40. The van der Waals surface area contributed by atoms with Crippen LogP contribution in [0.1, 0.15) is 0 Å². The highest BCUT2D eigenvalue weighted by molar-refractivity contribution is 7.98. The van der Waals surface area contributed by atoms with Gasteiger partial charge in [0.15, 0.2) is 5.82 Å². The van der Waals surface area contributed by atoms with Gasteiger partial charge >= 0.3 is 0 Å². The van der Waals surface area contributed by atoms with Crippen molar-refractivity contribution in [1.82, 2.24) is 15.0 Å². The van der Waals surface area contributed by atoms with Crippen LogP contribution in [-0.4, -0.2) is 21.2 Å². The van der Waals surface area contributed by atoms with Gasteiger partial charge in [-0.3, -0.25) is 0 Å². The lowest BCUT2D eigenvalue weighted by Crippen LogP contribution is -1.90. The Morgan fingerprint density at radius 2 is 2.06 bits per heavy atom. The number of hydrogen-bond acceptors (Lipinski definition) is 3. The Balaban J connectivity index is 2.19. The summed E-state index contributed by atoms with van der Waals surface area (Å²) in [6.07, 6.45) is 5.77. The van der Waals surface area contributed by atoms with Crippen molar-refractivity contribution in [1.29, 1.82) is 0 Å². The van der Waals surface area contributed by atoms with Crippen molar-refractivity contribution in [3.05, 3.63) is 42.7 Å². The molecule has 0 aliphatic carbocycles. The zero-order chi connectivity index (χ0) is 11.7. The van der Waals surface area contributed by atoms with Gasteiger partial charge in [0.05, 0.1) is 17.2 Å². The Kier molecular flexibility index (Phi) is 2.57. The summed E-state index contributed by atoms with van der Waals surface area (Å²) < 4.78 is 0. The summed E-state index contributed by atoms with van der Waals surface area (Å²) in [6.45, 7) is 0. The van der Waals surface area contributed by atoms with Crippen molar-refractivity contribution in [3.63, 3.8) is 0 Å². The molecule has 0 spiro atoms. The quantitative estimate of drug-likeness (QED) is 0.699. The molecule has 3 aromatic rings. The molecular weight excluding hydrogens is 230 g/mol. The molecule has 0 fully saturated rings. The van der Waals surface area contributed by atoms with Gasteiger partial charge in [0.2, 0.25) is 0 Å². The number of thioether (sulfide) groups is 1. The third-order valence-electron chi connectivity index (χ3n) is 2.65. The Labute approximate surface area is 103 Å². The van der Waals surface area contributed by atoms with Gasteiger partial charge < -0.3 is 4.98 Å². The Bertz CT molecular complexity index is 660. The first-order chi connectivity index (χ1) is 8.38. The van der Waals surface area contributed by atoms with Gasteiger partial charge in [-0.2, -0.15) is 0 Å². The average molecular weight is 241 g/mol. The van der Waals surface area contributed by atoms with Gasteiger partial charge in [-0.1, -0.05) is 18.2 Å². The van der Waals surface area contributed by atoms with E-state index in [0.717, 1.165) is 22.4 Å². The molecule has 1 N–H and O–H groups in total. The zero-order valence-electron chi connectivity index (χ0n) is 9.34. The second-order valence-electron chi connectivity index (χ2n) is 3.67. The molecule has 0 saturated carbocycles.